The molecule has 29 heavy (non-hydrogen) atoms. The maximum absolute atomic E-state index is 14.1. The third-order valence-electron chi connectivity index (χ3n) is 6.42. The normalized spacial score (nSPS) is 19.2. The molecule has 5 nitrogen and oxygen atoms in total. The number of piperidine rings is 1. The highest BCUT2D eigenvalue weighted by Crippen LogP contribution is 2.42. The predicted molar refractivity (Wildman–Crippen MR) is 112 cm³/mol. The molecule has 1 aromatic heterocycles. The second-order valence-electron chi connectivity index (χ2n) is 8.48. The summed E-state index contributed by atoms with van der Waals surface area (Å²) in [5, 5.41) is 0. The van der Waals surface area contributed by atoms with Gasteiger partial charge in [0.2, 0.25) is 0 Å². The van der Waals surface area contributed by atoms with Crippen molar-refractivity contribution in [2.75, 3.05) is 33.3 Å². The van der Waals surface area contributed by atoms with E-state index in [-0.39, 0.29) is 11.4 Å². The number of rotatable bonds is 5. The van der Waals surface area contributed by atoms with E-state index >= 15 is 0 Å². The molecule has 1 saturated heterocycles. The predicted octanol–water partition coefficient (Wildman–Crippen LogP) is 3.87. The van der Waals surface area contributed by atoms with Crippen molar-refractivity contribution in [3.8, 4) is 5.75 Å². The lowest BCUT2D eigenvalue weighted by atomic mass is 9.78. The third kappa shape index (κ3) is 3.96. The average molecular weight is 399 g/mol. The summed E-state index contributed by atoms with van der Waals surface area (Å²) in [6.07, 6.45) is 7.29. The number of allylic oxidation sites excluding steroid dienone is 1. The van der Waals surface area contributed by atoms with E-state index in [1.165, 1.54) is 24.1 Å². The van der Waals surface area contributed by atoms with Crippen LogP contribution in [-0.4, -0.2) is 53.1 Å². The maximum atomic E-state index is 14.1. The van der Waals surface area contributed by atoms with Crippen LogP contribution in [0.3, 0.4) is 0 Å². The summed E-state index contributed by atoms with van der Waals surface area (Å²) >= 11 is 0. The highest BCUT2D eigenvalue weighted by molar-refractivity contribution is 5.30. The number of likely N-dealkylation sites (tertiary alicyclic amines) is 1. The largest absolute Gasteiger partial charge is 0.494 e. The topological polar surface area (TPSA) is 44.4 Å². The molecule has 4 rings (SSSR count). The molecule has 1 spiro atoms. The Hall–Kier alpha value is -2.18. The number of imidazole rings is 1. The smallest absolute Gasteiger partial charge is 0.165 e. The van der Waals surface area contributed by atoms with Crippen molar-refractivity contribution >= 4 is 0 Å². The third-order valence-corrected chi connectivity index (χ3v) is 6.42. The Morgan fingerprint density at radius 3 is 2.76 bits per heavy atom. The molecule has 0 radical (unpaired) electrons. The van der Waals surface area contributed by atoms with E-state index in [2.05, 4.69) is 34.7 Å². The van der Waals surface area contributed by atoms with Crippen molar-refractivity contribution in [2.45, 2.75) is 45.2 Å². The zero-order valence-corrected chi connectivity index (χ0v) is 17.7. The average Bonchev–Trinajstić information content (AvgIpc) is 3.19. The van der Waals surface area contributed by atoms with E-state index in [9.17, 15) is 4.39 Å². The van der Waals surface area contributed by atoms with Crippen LogP contribution in [0.1, 0.15) is 43.6 Å². The van der Waals surface area contributed by atoms with E-state index < -0.39 is 0 Å². The van der Waals surface area contributed by atoms with E-state index in [1.807, 2.05) is 12.4 Å². The van der Waals surface area contributed by atoms with E-state index in [1.54, 1.807) is 12.1 Å². The van der Waals surface area contributed by atoms with Gasteiger partial charge in [0.25, 0.3) is 0 Å². The molecule has 6 heteroatoms. The van der Waals surface area contributed by atoms with Crippen LogP contribution in [0.25, 0.3) is 0 Å². The highest BCUT2D eigenvalue weighted by atomic mass is 19.1. The van der Waals surface area contributed by atoms with Gasteiger partial charge in [0, 0.05) is 44.8 Å². The van der Waals surface area contributed by atoms with Crippen molar-refractivity contribution in [3.63, 3.8) is 0 Å². The molecule has 0 saturated carbocycles. The van der Waals surface area contributed by atoms with Gasteiger partial charge in [-0.15, -0.1) is 0 Å². The molecule has 0 atom stereocenters. The molecule has 0 unspecified atom stereocenters. The number of aromatic nitrogens is 2. The first kappa shape index (κ1) is 20.1. The van der Waals surface area contributed by atoms with Gasteiger partial charge in [0.1, 0.15) is 0 Å². The molecule has 3 heterocycles. The number of H-pyrrole nitrogens is 1. The standard InChI is InChI=1S/C23H31FN4O/c1-17(2)6-10-28-11-7-20-22(26-16-25-20)23(28)8-12-27(13-9-23)15-18-4-5-21(29-3)19(24)14-18/h4-6,14,16H,7-13,15H2,1-3H3,(H,25,26). The fourth-order valence-electron chi connectivity index (χ4n) is 4.78. The van der Waals surface area contributed by atoms with E-state index in [4.69, 9.17) is 9.72 Å². The molecule has 2 aromatic rings. The molecule has 1 N–H and O–H groups in total. The van der Waals surface area contributed by atoms with Gasteiger partial charge in [0.05, 0.1) is 24.7 Å². The van der Waals surface area contributed by atoms with Crippen LogP contribution < -0.4 is 4.74 Å². The maximum Gasteiger partial charge on any atom is 0.165 e. The Morgan fingerprint density at radius 2 is 2.07 bits per heavy atom. The molecule has 156 valence electrons. The first-order valence-electron chi connectivity index (χ1n) is 10.5. The first-order chi connectivity index (χ1) is 14.0. The molecule has 0 aliphatic carbocycles. The molecule has 0 amide bonds. The van der Waals surface area contributed by atoms with Crippen LogP contribution in [0, 0.1) is 5.82 Å². The monoisotopic (exact) mass is 398 g/mol. The minimum absolute atomic E-state index is 0.00118. The van der Waals surface area contributed by atoms with Crippen LogP contribution in [0.2, 0.25) is 0 Å². The fraction of sp³-hybridized carbons (Fsp3) is 0.522. The van der Waals surface area contributed by atoms with Crippen molar-refractivity contribution in [1.29, 1.82) is 0 Å². The zero-order chi connectivity index (χ0) is 20.4. The first-order valence-corrected chi connectivity index (χ1v) is 10.5. The van der Waals surface area contributed by atoms with Gasteiger partial charge in [0.15, 0.2) is 11.6 Å². The number of methoxy groups -OCH3 is 1. The van der Waals surface area contributed by atoms with Crippen molar-refractivity contribution in [2.24, 2.45) is 0 Å². The summed E-state index contributed by atoms with van der Waals surface area (Å²) < 4.78 is 19.1. The van der Waals surface area contributed by atoms with Crippen LogP contribution in [0.4, 0.5) is 4.39 Å². The quantitative estimate of drug-likeness (QED) is 0.777. The second-order valence-corrected chi connectivity index (χ2v) is 8.48. The number of ether oxygens (including phenoxy) is 1. The lowest BCUT2D eigenvalue weighted by molar-refractivity contribution is 0.0113. The Balaban J connectivity index is 1.49. The van der Waals surface area contributed by atoms with Crippen LogP contribution in [0.15, 0.2) is 36.2 Å². The lowest BCUT2D eigenvalue weighted by Gasteiger charge is -2.50. The van der Waals surface area contributed by atoms with Crippen LogP contribution in [-0.2, 0) is 18.5 Å². The summed E-state index contributed by atoms with van der Waals surface area (Å²) in [6, 6.07) is 5.27. The van der Waals surface area contributed by atoms with Crippen molar-refractivity contribution in [3.05, 3.63) is 58.9 Å². The van der Waals surface area contributed by atoms with Gasteiger partial charge in [-0.1, -0.05) is 17.7 Å². The van der Waals surface area contributed by atoms with Gasteiger partial charge in [-0.05, 0) is 44.4 Å². The number of nitrogens with zero attached hydrogens (tertiary/aromatic N) is 3. The molecule has 2 aliphatic heterocycles. The molecular formula is C23H31FN4O. The summed E-state index contributed by atoms with van der Waals surface area (Å²) in [6.45, 7) is 9.07. The van der Waals surface area contributed by atoms with E-state index in [0.717, 1.165) is 57.5 Å². The summed E-state index contributed by atoms with van der Waals surface area (Å²) in [4.78, 5) is 13.2. The number of aromatic amines is 1. The van der Waals surface area contributed by atoms with Crippen molar-refractivity contribution < 1.29 is 9.13 Å². The number of benzene rings is 1. The highest BCUT2D eigenvalue weighted by Gasteiger charge is 2.46. The minimum atomic E-state index is -0.292. The summed E-state index contributed by atoms with van der Waals surface area (Å²) in [5.41, 5.74) is 4.88. The number of nitrogens with one attached hydrogen (secondary N) is 1. The SMILES string of the molecule is COc1ccc(CN2CCC3(CC2)c2nc[nH]c2CCN3CC=C(C)C)cc1F. The second kappa shape index (κ2) is 8.28. The number of halogens is 1. The van der Waals surface area contributed by atoms with Crippen LogP contribution >= 0.6 is 0 Å². The van der Waals surface area contributed by atoms with Gasteiger partial charge in [-0.3, -0.25) is 9.80 Å². The summed E-state index contributed by atoms with van der Waals surface area (Å²) in [7, 11) is 1.50. The van der Waals surface area contributed by atoms with Gasteiger partial charge < -0.3 is 9.72 Å². The molecule has 2 aliphatic rings. The molecular weight excluding hydrogens is 367 g/mol. The molecule has 1 fully saturated rings. The van der Waals surface area contributed by atoms with Crippen molar-refractivity contribution in [1.82, 2.24) is 19.8 Å². The molecule has 0 bridgehead atoms. The number of fused-ring (bicyclic) bond motifs is 2. The Labute approximate surface area is 172 Å². The number of hydrogen-bond acceptors (Lipinski definition) is 4. The Morgan fingerprint density at radius 1 is 1.28 bits per heavy atom. The minimum Gasteiger partial charge on any atom is -0.494 e. The van der Waals surface area contributed by atoms with Gasteiger partial charge in [-0.2, -0.15) is 0 Å². The lowest BCUT2D eigenvalue weighted by Crippen LogP contribution is -2.56. The molecule has 1 aromatic carbocycles. The summed E-state index contributed by atoms with van der Waals surface area (Å²) in [5.74, 6) is 0.00866. The Bertz CT molecular complexity index is 879. The fourth-order valence-corrected chi connectivity index (χ4v) is 4.78. The Kier molecular flexibility index (Phi) is 5.74. The number of hydrogen-bond donors (Lipinski definition) is 1. The van der Waals surface area contributed by atoms with Gasteiger partial charge >= 0.3 is 0 Å². The van der Waals surface area contributed by atoms with Crippen LogP contribution in [0.5, 0.6) is 5.75 Å². The van der Waals surface area contributed by atoms with Gasteiger partial charge in [-0.25, -0.2) is 9.37 Å². The zero-order valence-electron chi connectivity index (χ0n) is 17.7. The van der Waals surface area contributed by atoms with E-state index in [0.29, 0.717) is 5.75 Å².